The van der Waals surface area contributed by atoms with Crippen LogP contribution in [0.1, 0.15) is 0 Å². The van der Waals surface area contributed by atoms with Crippen LogP contribution in [-0.4, -0.2) is 0 Å². The maximum Gasteiger partial charge on any atom is -0.0134 e. The van der Waals surface area contributed by atoms with E-state index in [4.69, 9.17) is 0 Å². The van der Waals surface area contributed by atoms with Crippen molar-refractivity contribution < 1.29 is 5.75 Å². The van der Waals surface area contributed by atoms with E-state index in [2.05, 4.69) is 241 Å². The smallest absolute Gasteiger partial charge is 0.0134 e. The minimum absolute atomic E-state index is 0.423. The molecule has 0 unspecified atom stereocenters. The van der Waals surface area contributed by atoms with Gasteiger partial charge in [-0.1, -0.05) is 182 Å². The van der Waals surface area contributed by atoms with Crippen molar-refractivity contribution in [2.75, 3.05) is 0 Å². The van der Waals surface area contributed by atoms with Crippen LogP contribution in [-0.2, 0) is 5.75 Å². The summed E-state index contributed by atoms with van der Waals surface area (Å²) < 4.78 is 0. The van der Waals surface area contributed by atoms with Gasteiger partial charge in [-0.25, -0.2) is 0 Å². The number of hydrogen-bond donors (Lipinski definition) is 0. The molecule has 0 amide bonds. The first kappa shape index (κ1) is 33.9. The molecule has 0 radical (unpaired) electrons. The molecule has 0 bridgehead atoms. The Morgan fingerprint density at radius 1 is 0.262 bits per heavy atom. The third-order valence-electron chi connectivity index (χ3n) is 6.09. The van der Waals surface area contributed by atoms with E-state index >= 15 is 0 Å². The monoisotopic (exact) mass is 1100 g/mol. The maximum atomic E-state index is 2.48. The van der Waals surface area contributed by atoms with Crippen LogP contribution in [0.4, 0.5) is 0 Å². The molecule has 6 aromatic carbocycles. The van der Waals surface area contributed by atoms with E-state index in [1.54, 1.807) is 0 Å². The van der Waals surface area contributed by atoms with Crippen molar-refractivity contribution in [3.63, 3.8) is 0 Å². The van der Waals surface area contributed by atoms with Gasteiger partial charge < -0.3 is 0 Å². The summed E-state index contributed by atoms with van der Waals surface area (Å²) >= 11 is 7.45. The van der Waals surface area contributed by atoms with Gasteiger partial charge in [-0.3, -0.25) is 0 Å². The van der Waals surface area contributed by atoms with Gasteiger partial charge in [0.05, 0.1) is 0 Å². The normalized spacial score (nSPS) is 10.6. The molecule has 0 spiro atoms. The van der Waals surface area contributed by atoms with Crippen LogP contribution in [0, 0.1) is 0 Å². The summed E-state index contributed by atoms with van der Waals surface area (Å²) in [5.41, 5.74) is 0. The number of hydrogen-bond acceptors (Lipinski definition) is 0. The molecule has 0 heterocycles. The third kappa shape index (κ3) is 11.2. The topological polar surface area (TPSA) is 0 Å². The predicted octanol–water partition coefficient (Wildman–Crippen LogP) is 9.54. The molecule has 42 heavy (non-hydrogen) atoms. The van der Waals surface area contributed by atoms with Gasteiger partial charge in [-0.15, -0.1) is 0 Å². The fourth-order valence-electron chi connectivity index (χ4n) is 4.36. The minimum Gasteiger partial charge on any atom is -0.0622 e. The number of rotatable bonds is 6. The van der Waals surface area contributed by atoms with Gasteiger partial charge in [0.25, 0.3) is 0 Å². The van der Waals surface area contributed by atoms with Crippen molar-refractivity contribution in [2.24, 2.45) is 0 Å². The average Bonchev–Trinajstić information content (AvgIpc) is 3.05. The number of halogens is 3. The molecular formula is C36H30I3IrP2. The molecule has 6 heteroatoms. The standard InChI is InChI=1S/2C18H15P.3HI.Ir/c2*1-4-10-16(11-5-1)19(17-12-6-2-7-13-17)18-14-8-3-9-15-18;;;;/h2*1-15H;3*1H;/q;;;;;+3/p-3. The minimum atomic E-state index is -0.446. The Hall–Kier alpha value is -0.981. The Labute approximate surface area is 290 Å². The van der Waals surface area contributed by atoms with Gasteiger partial charge in [-0.05, 0) is 47.7 Å². The summed E-state index contributed by atoms with van der Waals surface area (Å²) in [6, 6.07) is 64.7. The van der Waals surface area contributed by atoms with Crippen LogP contribution < -0.4 is 31.8 Å². The molecule has 0 aliphatic heterocycles. The van der Waals surface area contributed by atoms with E-state index in [9.17, 15) is 0 Å². The van der Waals surface area contributed by atoms with E-state index in [0.29, 0.717) is 0 Å². The van der Waals surface area contributed by atoms with Crippen LogP contribution in [0.15, 0.2) is 182 Å². The third-order valence-corrected chi connectivity index (χ3v) is 11.0. The van der Waals surface area contributed by atoms with Crippen molar-refractivity contribution in [3.8, 4) is 0 Å². The molecule has 0 nitrogen and oxygen atoms in total. The van der Waals surface area contributed by atoms with E-state index in [1.807, 2.05) is 0 Å². The maximum absolute atomic E-state index is 2.48. The summed E-state index contributed by atoms with van der Waals surface area (Å²) in [7, 11) is -0.892. The summed E-state index contributed by atoms with van der Waals surface area (Å²) in [5, 5.41) is 8.39. The Balaban J connectivity index is 0.000000171. The molecule has 214 valence electrons. The van der Waals surface area contributed by atoms with Gasteiger partial charge in [0, 0.05) is 0 Å². The summed E-state index contributed by atoms with van der Waals surface area (Å²) in [4.78, 5) is 0. The second-order valence-corrected chi connectivity index (χ2v) is 65.7. The van der Waals surface area contributed by atoms with Crippen molar-refractivity contribution in [1.82, 2.24) is 0 Å². The van der Waals surface area contributed by atoms with Crippen LogP contribution in [0.5, 0.6) is 0 Å². The van der Waals surface area contributed by atoms with Crippen LogP contribution in [0.25, 0.3) is 0 Å². The quantitative estimate of drug-likeness (QED) is 0.115. The van der Waals surface area contributed by atoms with Crippen molar-refractivity contribution in [1.29, 1.82) is 0 Å². The Kier molecular flexibility index (Phi) is 15.7. The van der Waals surface area contributed by atoms with Crippen LogP contribution >= 0.6 is 74.6 Å². The molecule has 0 saturated carbocycles. The zero-order valence-electron chi connectivity index (χ0n) is 22.7. The molecule has 0 N–H and O–H groups in total. The number of benzene rings is 6. The van der Waals surface area contributed by atoms with E-state index in [0.717, 1.165) is 0 Å². The molecule has 0 fully saturated rings. The van der Waals surface area contributed by atoms with Crippen LogP contribution in [0.2, 0.25) is 0 Å². The molecule has 0 aromatic heterocycles. The zero-order valence-corrected chi connectivity index (χ0v) is 33.3. The first-order chi connectivity index (χ1) is 20.6. The molecule has 0 atom stereocenters. The van der Waals surface area contributed by atoms with E-state index in [1.165, 1.54) is 31.8 Å². The van der Waals surface area contributed by atoms with E-state index < -0.39 is 21.6 Å². The second-order valence-electron chi connectivity index (χ2n) is 8.83. The molecule has 0 aliphatic rings. The Morgan fingerprint density at radius 3 is 0.500 bits per heavy atom. The first-order valence-corrected chi connectivity index (χ1v) is 36.2. The summed E-state index contributed by atoms with van der Waals surface area (Å²) in [5.74, 6) is -0.423. The summed E-state index contributed by atoms with van der Waals surface area (Å²) in [6.45, 7) is 0. The van der Waals surface area contributed by atoms with Gasteiger partial charge >= 0.3 is 64.5 Å². The fraction of sp³-hybridized carbons (Fsp3) is 0. The largest absolute Gasteiger partial charge is 0.0622 e. The molecular weight excluding hydrogens is 1070 g/mol. The van der Waals surface area contributed by atoms with Crippen molar-refractivity contribution in [3.05, 3.63) is 182 Å². The van der Waals surface area contributed by atoms with Crippen molar-refractivity contribution in [2.45, 2.75) is 0 Å². The average molecular weight is 1100 g/mol. The first-order valence-electron chi connectivity index (χ1n) is 13.2. The van der Waals surface area contributed by atoms with E-state index in [-0.39, 0.29) is 0 Å². The fourth-order valence-corrected chi connectivity index (χ4v) is 8.97. The van der Waals surface area contributed by atoms with Gasteiger partial charge in [-0.2, -0.15) is 0 Å². The SMILES string of the molecule is [I][Ir]([I])[I].c1ccc(P(c2ccccc2)c2ccccc2)cc1.c1ccc(P(c2ccccc2)c2ccccc2)cc1. The molecule has 0 aliphatic carbocycles. The van der Waals surface area contributed by atoms with Crippen molar-refractivity contribution >= 4 is 106 Å². The molecule has 6 rings (SSSR count). The predicted molar refractivity (Wildman–Crippen MR) is 212 cm³/mol. The van der Waals surface area contributed by atoms with Crippen LogP contribution in [0.3, 0.4) is 0 Å². The summed E-state index contributed by atoms with van der Waals surface area (Å²) in [6.07, 6.45) is 0. The van der Waals surface area contributed by atoms with Gasteiger partial charge in [0.1, 0.15) is 0 Å². The molecule has 0 saturated heterocycles. The Bertz CT molecular complexity index is 1230. The Morgan fingerprint density at radius 2 is 0.381 bits per heavy atom. The van der Waals surface area contributed by atoms with Gasteiger partial charge in [0.15, 0.2) is 0 Å². The van der Waals surface area contributed by atoms with Gasteiger partial charge in [0.2, 0.25) is 0 Å². The second kappa shape index (κ2) is 19.4. The zero-order chi connectivity index (χ0) is 29.4. The molecule has 6 aromatic rings.